The Morgan fingerprint density at radius 1 is 1.22 bits per heavy atom. The highest BCUT2D eigenvalue weighted by atomic mass is 19.1. The fourth-order valence-electron chi connectivity index (χ4n) is 3.13. The summed E-state index contributed by atoms with van der Waals surface area (Å²) >= 11 is 0. The van der Waals surface area contributed by atoms with Gasteiger partial charge in [0, 0.05) is 31.5 Å². The number of nitrogens with zero attached hydrogens (tertiary/aromatic N) is 3. The predicted molar refractivity (Wildman–Crippen MR) is 98.1 cm³/mol. The molecule has 0 N–H and O–H groups in total. The van der Waals surface area contributed by atoms with E-state index in [0.717, 1.165) is 16.9 Å². The molecule has 1 fully saturated rings. The van der Waals surface area contributed by atoms with Crippen LogP contribution in [0.25, 0.3) is 16.9 Å². The van der Waals surface area contributed by atoms with Crippen LogP contribution < -0.4 is 0 Å². The van der Waals surface area contributed by atoms with E-state index < -0.39 is 0 Å². The van der Waals surface area contributed by atoms with Crippen LogP contribution in [-0.2, 0) is 9.47 Å². The van der Waals surface area contributed by atoms with Gasteiger partial charge in [-0.15, -0.1) is 0 Å². The molecule has 3 heterocycles. The van der Waals surface area contributed by atoms with Gasteiger partial charge in [0.05, 0.1) is 37.2 Å². The molecule has 0 spiro atoms. The van der Waals surface area contributed by atoms with Crippen molar-refractivity contribution in [3.05, 3.63) is 60.2 Å². The summed E-state index contributed by atoms with van der Waals surface area (Å²) < 4.78 is 25.9. The normalized spacial score (nSPS) is 17.2. The second-order valence-electron chi connectivity index (χ2n) is 6.57. The van der Waals surface area contributed by atoms with Crippen LogP contribution in [0.4, 0.5) is 4.39 Å². The van der Waals surface area contributed by atoms with Gasteiger partial charge in [-0.2, -0.15) is 0 Å². The Bertz CT molecular complexity index is 949. The first-order valence-electron chi connectivity index (χ1n) is 8.79. The van der Waals surface area contributed by atoms with Gasteiger partial charge in [0.1, 0.15) is 11.5 Å². The Balaban J connectivity index is 1.53. The van der Waals surface area contributed by atoms with E-state index in [1.54, 1.807) is 46.8 Å². The van der Waals surface area contributed by atoms with E-state index in [9.17, 15) is 9.18 Å². The first-order valence-corrected chi connectivity index (χ1v) is 8.79. The number of hydrogen-bond donors (Lipinski definition) is 0. The highest BCUT2D eigenvalue weighted by molar-refractivity contribution is 5.94. The highest BCUT2D eigenvalue weighted by Crippen LogP contribution is 2.20. The van der Waals surface area contributed by atoms with Crippen LogP contribution in [0.5, 0.6) is 0 Å². The van der Waals surface area contributed by atoms with Crippen LogP contribution in [0, 0.1) is 5.82 Å². The topological polar surface area (TPSA) is 56.1 Å². The molecule has 1 aliphatic rings. The van der Waals surface area contributed by atoms with E-state index in [2.05, 4.69) is 4.98 Å². The number of rotatable bonds is 4. The maximum absolute atomic E-state index is 13.1. The Kier molecular flexibility index (Phi) is 4.87. The zero-order chi connectivity index (χ0) is 18.8. The number of pyridine rings is 1. The largest absolute Gasteiger partial charge is 0.376 e. The van der Waals surface area contributed by atoms with E-state index in [4.69, 9.17) is 9.47 Å². The zero-order valence-corrected chi connectivity index (χ0v) is 15.0. The summed E-state index contributed by atoms with van der Waals surface area (Å²) in [5, 5.41) is 0. The van der Waals surface area contributed by atoms with Crippen LogP contribution in [0.2, 0.25) is 0 Å². The van der Waals surface area contributed by atoms with Gasteiger partial charge in [-0.05, 0) is 36.4 Å². The lowest BCUT2D eigenvalue weighted by molar-refractivity contribution is -0.0933. The number of imidazole rings is 1. The summed E-state index contributed by atoms with van der Waals surface area (Å²) in [6.45, 7) is 2.13. The third-order valence-electron chi connectivity index (χ3n) is 4.55. The molecule has 0 unspecified atom stereocenters. The molecular weight excluding hydrogens is 349 g/mol. The number of halogens is 1. The van der Waals surface area contributed by atoms with Crippen molar-refractivity contribution in [3.8, 4) is 11.3 Å². The van der Waals surface area contributed by atoms with Crippen molar-refractivity contribution < 1.29 is 18.7 Å². The first-order chi connectivity index (χ1) is 13.1. The third kappa shape index (κ3) is 3.84. The van der Waals surface area contributed by atoms with Gasteiger partial charge in [0.2, 0.25) is 0 Å². The minimum Gasteiger partial charge on any atom is -0.376 e. The highest BCUT2D eigenvalue weighted by Gasteiger charge is 2.20. The van der Waals surface area contributed by atoms with E-state index in [0.29, 0.717) is 31.9 Å². The fourth-order valence-corrected chi connectivity index (χ4v) is 3.13. The third-order valence-corrected chi connectivity index (χ3v) is 4.55. The van der Waals surface area contributed by atoms with Crippen LogP contribution in [0.3, 0.4) is 0 Å². The van der Waals surface area contributed by atoms with E-state index in [-0.39, 0.29) is 17.8 Å². The van der Waals surface area contributed by atoms with Gasteiger partial charge in [-0.25, -0.2) is 9.37 Å². The summed E-state index contributed by atoms with van der Waals surface area (Å²) in [5.74, 6) is -0.381. The second kappa shape index (κ2) is 7.46. The second-order valence-corrected chi connectivity index (χ2v) is 6.57. The number of amides is 1. The Morgan fingerprint density at radius 3 is 2.78 bits per heavy atom. The monoisotopic (exact) mass is 369 g/mol. The van der Waals surface area contributed by atoms with E-state index in [1.807, 2.05) is 6.20 Å². The summed E-state index contributed by atoms with van der Waals surface area (Å²) in [5.41, 5.74) is 2.82. The predicted octanol–water partition coefficient (Wildman–Crippen LogP) is 2.63. The number of carbonyl (C=O) groups excluding carboxylic acids is 1. The van der Waals surface area contributed by atoms with Crippen molar-refractivity contribution >= 4 is 11.6 Å². The van der Waals surface area contributed by atoms with E-state index >= 15 is 0 Å². The molecular formula is C20H20FN3O3. The van der Waals surface area contributed by atoms with Crippen LogP contribution in [0.15, 0.2) is 48.8 Å². The molecule has 0 aliphatic carbocycles. The number of carbonyl (C=O) groups is 1. The zero-order valence-electron chi connectivity index (χ0n) is 15.0. The first kappa shape index (κ1) is 17.6. The average Bonchev–Trinajstić information content (AvgIpc) is 3.12. The molecule has 1 atom stereocenters. The standard InChI is InChI=1S/C20H20FN3O3/c1-23(11-17-13-26-8-9-27-17)20(25)15-4-7-19-22-18(12-24(19)10-15)14-2-5-16(21)6-3-14/h2-7,10,12,17H,8-9,11,13H2,1H3/t17-/m0/s1. The maximum atomic E-state index is 13.1. The number of benzene rings is 1. The minimum atomic E-state index is -0.286. The van der Waals surface area contributed by atoms with Crippen LogP contribution in [0.1, 0.15) is 10.4 Å². The van der Waals surface area contributed by atoms with Gasteiger partial charge < -0.3 is 18.8 Å². The number of ether oxygens (including phenoxy) is 2. The molecule has 140 valence electrons. The molecule has 1 aromatic carbocycles. The van der Waals surface area contributed by atoms with Gasteiger partial charge in [-0.1, -0.05) is 0 Å². The number of hydrogen-bond acceptors (Lipinski definition) is 4. The molecule has 6 nitrogen and oxygen atoms in total. The fraction of sp³-hybridized carbons (Fsp3) is 0.300. The molecule has 3 aromatic rings. The lowest BCUT2D eigenvalue weighted by atomic mass is 10.2. The Labute approximate surface area is 156 Å². The number of fused-ring (bicyclic) bond motifs is 1. The molecule has 1 saturated heterocycles. The van der Waals surface area contributed by atoms with Crippen molar-refractivity contribution in [2.24, 2.45) is 0 Å². The quantitative estimate of drug-likeness (QED) is 0.709. The summed E-state index contributed by atoms with van der Waals surface area (Å²) in [6.07, 6.45) is 3.49. The lowest BCUT2D eigenvalue weighted by Crippen LogP contribution is -2.40. The minimum absolute atomic E-state index is 0.0943. The Morgan fingerprint density at radius 2 is 2.04 bits per heavy atom. The van der Waals surface area contributed by atoms with Crippen molar-refractivity contribution in [2.75, 3.05) is 33.4 Å². The summed E-state index contributed by atoms with van der Waals surface area (Å²) in [4.78, 5) is 18.9. The van der Waals surface area contributed by atoms with Gasteiger partial charge >= 0.3 is 0 Å². The number of aromatic nitrogens is 2. The SMILES string of the molecule is CN(C[C@H]1COCCO1)C(=O)c1ccc2nc(-c3ccc(F)cc3)cn2c1. The molecule has 0 saturated carbocycles. The summed E-state index contributed by atoms with van der Waals surface area (Å²) in [7, 11) is 1.75. The molecule has 1 amide bonds. The molecule has 0 bridgehead atoms. The molecule has 1 aliphatic heterocycles. The van der Waals surface area contributed by atoms with Crippen LogP contribution in [-0.4, -0.2) is 59.7 Å². The Hall–Kier alpha value is -2.77. The van der Waals surface area contributed by atoms with E-state index in [1.165, 1.54) is 12.1 Å². The molecule has 27 heavy (non-hydrogen) atoms. The van der Waals surface area contributed by atoms with Crippen molar-refractivity contribution in [1.29, 1.82) is 0 Å². The lowest BCUT2D eigenvalue weighted by Gasteiger charge is -2.27. The average molecular weight is 369 g/mol. The molecule has 7 heteroatoms. The van der Waals surface area contributed by atoms with Gasteiger partial charge in [0.15, 0.2) is 0 Å². The maximum Gasteiger partial charge on any atom is 0.255 e. The van der Waals surface area contributed by atoms with Gasteiger partial charge in [0.25, 0.3) is 5.91 Å². The van der Waals surface area contributed by atoms with Crippen LogP contribution >= 0.6 is 0 Å². The molecule has 0 radical (unpaired) electrons. The van der Waals surface area contributed by atoms with Gasteiger partial charge in [-0.3, -0.25) is 4.79 Å². The smallest absolute Gasteiger partial charge is 0.255 e. The molecule has 2 aromatic heterocycles. The van der Waals surface area contributed by atoms with Crippen molar-refractivity contribution in [2.45, 2.75) is 6.10 Å². The van der Waals surface area contributed by atoms with Crippen molar-refractivity contribution in [1.82, 2.24) is 14.3 Å². The number of likely N-dealkylation sites (N-methyl/N-ethyl adjacent to an activating group) is 1. The summed E-state index contributed by atoms with van der Waals surface area (Å²) in [6, 6.07) is 9.73. The molecule has 4 rings (SSSR count). The van der Waals surface area contributed by atoms with Crippen molar-refractivity contribution in [3.63, 3.8) is 0 Å².